The number of hydrogen-bond acceptors (Lipinski definition) is 4. The van der Waals surface area contributed by atoms with Gasteiger partial charge in [0, 0.05) is 0 Å². The third-order valence-electron chi connectivity index (χ3n) is 2.22. The number of carbonyl (C=O) groups excluding carboxylic acids is 1. The monoisotopic (exact) mass is 280 g/mol. The van der Waals surface area contributed by atoms with Gasteiger partial charge < -0.3 is 10.1 Å². The molecule has 1 N–H and O–H groups in total. The molecule has 1 aromatic heterocycles. The Morgan fingerprint density at radius 1 is 1.21 bits per heavy atom. The summed E-state index contributed by atoms with van der Waals surface area (Å²) >= 11 is 0. The molecule has 0 aliphatic rings. The molecule has 0 spiro atoms. The van der Waals surface area contributed by atoms with Crippen LogP contribution in [0.15, 0.2) is 0 Å². The topological polar surface area (TPSA) is 51.2 Å². The van der Waals surface area contributed by atoms with E-state index < -0.39 is 40.7 Å². The van der Waals surface area contributed by atoms with E-state index in [-0.39, 0.29) is 6.61 Å². The fraction of sp³-hybridized carbons (Fsp3) is 0.455. The van der Waals surface area contributed by atoms with Crippen LogP contribution in [-0.2, 0) is 9.53 Å². The second-order valence-electron chi connectivity index (χ2n) is 4.17. The number of esters is 1. The number of carbonyl (C=O) groups is 1. The maximum atomic E-state index is 13.4. The fourth-order valence-electron chi connectivity index (χ4n) is 1.27. The smallest absolute Gasteiger partial charge is 0.331 e. The van der Waals surface area contributed by atoms with Crippen LogP contribution in [0.1, 0.15) is 20.8 Å². The molecule has 0 radical (unpaired) electrons. The van der Waals surface area contributed by atoms with Gasteiger partial charge in [0.25, 0.3) is 11.9 Å². The number of halogens is 4. The zero-order valence-corrected chi connectivity index (χ0v) is 10.5. The predicted octanol–water partition coefficient (Wildman–Crippen LogP) is 2.39. The fourth-order valence-corrected chi connectivity index (χ4v) is 1.27. The summed E-state index contributed by atoms with van der Waals surface area (Å²) in [6.45, 7) is 4.09. The van der Waals surface area contributed by atoms with Crippen molar-refractivity contribution >= 4 is 11.7 Å². The summed E-state index contributed by atoms with van der Waals surface area (Å²) in [7, 11) is 0. The van der Waals surface area contributed by atoms with E-state index in [1.54, 1.807) is 6.92 Å². The van der Waals surface area contributed by atoms with Gasteiger partial charge in [0.05, 0.1) is 6.61 Å². The van der Waals surface area contributed by atoms with Gasteiger partial charge in [-0.1, -0.05) is 0 Å². The first-order chi connectivity index (χ1) is 8.70. The minimum atomic E-state index is -1.80. The number of pyridine rings is 1. The molecule has 0 aliphatic heterocycles. The Balaban J connectivity index is 3.15. The molecular formula is C11H12F4N2O2. The van der Waals surface area contributed by atoms with Crippen molar-refractivity contribution in [2.24, 2.45) is 0 Å². The van der Waals surface area contributed by atoms with E-state index in [4.69, 9.17) is 0 Å². The molecule has 1 aromatic rings. The largest absolute Gasteiger partial charge is 0.464 e. The molecule has 1 rings (SSSR count). The molecule has 0 aliphatic carbocycles. The van der Waals surface area contributed by atoms with Crippen LogP contribution in [0.25, 0.3) is 0 Å². The van der Waals surface area contributed by atoms with Crippen LogP contribution in [0.2, 0.25) is 0 Å². The molecule has 0 fully saturated rings. The Labute approximate surface area is 106 Å². The Morgan fingerprint density at radius 2 is 1.68 bits per heavy atom. The summed E-state index contributed by atoms with van der Waals surface area (Å²) < 4.78 is 57.2. The van der Waals surface area contributed by atoms with E-state index >= 15 is 0 Å². The number of ether oxygens (including phenoxy) is 1. The van der Waals surface area contributed by atoms with Crippen LogP contribution in [0, 0.1) is 23.5 Å². The van der Waals surface area contributed by atoms with Crippen molar-refractivity contribution in [3.05, 3.63) is 23.5 Å². The van der Waals surface area contributed by atoms with Crippen LogP contribution >= 0.6 is 0 Å². The average Bonchev–Trinajstić information content (AvgIpc) is 2.32. The van der Waals surface area contributed by atoms with Crippen LogP contribution in [-0.4, -0.2) is 23.1 Å². The van der Waals surface area contributed by atoms with Gasteiger partial charge in [-0.25, -0.2) is 4.79 Å². The molecule has 0 atom stereocenters. The van der Waals surface area contributed by atoms with E-state index in [1.807, 2.05) is 0 Å². The first-order valence-electron chi connectivity index (χ1n) is 5.36. The van der Waals surface area contributed by atoms with Crippen LogP contribution in [0.4, 0.5) is 23.2 Å². The van der Waals surface area contributed by atoms with Gasteiger partial charge in [-0.2, -0.15) is 22.5 Å². The van der Waals surface area contributed by atoms with Crippen molar-refractivity contribution in [2.75, 3.05) is 11.9 Å². The highest BCUT2D eigenvalue weighted by molar-refractivity contribution is 5.83. The van der Waals surface area contributed by atoms with Crippen molar-refractivity contribution in [1.82, 2.24) is 4.98 Å². The summed E-state index contributed by atoms with van der Waals surface area (Å²) in [5, 5.41) is 2.08. The summed E-state index contributed by atoms with van der Waals surface area (Å²) in [5.74, 6) is -7.86. The third kappa shape index (κ3) is 3.12. The maximum absolute atomic E-state index is 13.4. The van der Waals surface area contributed by atoms with E-state index in [9.17, 15) is 22.4 Å². The Kier molecular flexibility index (Phi) is 4.33. The number of nitrogens with zero attached hydrogens (tertiary/aromatic N) is 1. The van der Waals surface area contributed by atoms with Crippen molar-refractivity contribution in [3.8, 4) is 0 Å². The highest BCUT2D eigenvalue weighted by Crippen LogP contribution is 2.25. The quantitative estimate of drug-likeness (QED) is 0.522. The van der Waals surface area contributed by atoms with Crippen LogP contribution in [0.3, 0.4) is 0 Å². The van der Waals surface area contributed by atoms with Gasteiger partial charge in [0.1, 0.15) is 11.2 Å². The number of rotatable bonds is 4. The normalized spacial score (nSPS) is 11.3. The molecule has 106 valence electrons. The second kappa shape index (κ2) is 5.41. The number of aromatic nitrogens is 1. The lowest BCUT2D eigenvalue weighted by Gasteiger charge is -2.25. The van der Waals surface area contributed by atoms with E-state index in [0.29, 0.717) is 0 Å². The average molecular weight is 280 g/mol. The zero-order valence-electron chi connectivity index (χ0n) is 10.5. The molecule has 19 heavy (non-hydrogen) atoms. The molecular weight excluding hydrogens is 268 g/mol. The van der Waals surface area contributed by atoms with E-state index in [0.717, 1.165) is 0 Å². The van der Waals surface area contributed by atoms with Crippen molar-refractivity contribution < 1.29 is 27.1 Å². The minimum Gasteiger partial charge on any atom is -0.464 e. The molecule has 0 saturated heterocycles. The Bertz CT molecular complexity index is 480. The highest BCUT2D eigenvalue weighted by atomic mass is 19.2. The molecule has 8 heteroatoms. The SMILES string of the molecule is CCOC(=O)C(C)(C)Nc1c(F)c(F)nc(F)c1F. The number of anilines is 1. The minimum absolute atomic E-state index is 0.0496. The van der Waals surface area contributed by atoms with Crippen LogP contribution in [0.5, 0.6) is 0 Å². The van der Waals surface area contributed by atoms with Crippen LogP contribution < -0.4 is 5.32 Å². The summed E-state index contributed by atoms with van der Waals surface area (Å²) in [6.07, 6.45) is 0. The Morgan fingerprint density at radius 3 is 2.11 bits per heavy atom. The summed E-state index contributed by atoms with van der Waals surface area (Å²) in [5.41, 5.74) is -2.68. The van der Waals surface area contributed by atoms with Gasteiger partial charge in [0.2, 0.25) is 11.6 Å². The lowest BCUT2D eigenvalue weighted by molar-refractivity contribution is -0.147. The third-order valence-corrected chi connectivity index (χ3v) is 2.22. The van der Waals surface area contributed by atoms with Gasteiger partial charge in [0.15, 0.2) is 0 Å². The highest BCUT2D eigenvalue weighted by Gasteiger charge is 2.33. The van der Waals surface area contributed by atoms with Gasteiger partial charge in [-0.15, -0.1) is 0 Å². The first-order valence-corrected chi connectivity index (χ1v) is 5.36. The molecule has 0 amide bonds. The zero-order chi connectivity index (χ0) is 14.8. The molecule has 0 aromatic carbocycles. The predicted molar refractivity (Wildman–Crippen MR) is 58.4 cm³/mol. The summed E-state index contributed by atoms with van der Waals surface area (Å²) in [6, 6.07) is 0. The maximum Gasteiger partial charge on any atom is 0.331 e. The van der Waals surface area contributed by atoms with Gasteiger partial charge >= 0.3 is 5.97 Å². The van der Waals surface area contributed by atoms with Gasteiger partial charge in [-0.3, -0.25) is 0 Å². The Hall–Kier alpha value is -1.86. The van der Waals surface area contributed by atoms with Crippen molar-refractivity contribution in [3.63, 3.8) is 0 Å². The molecule has 4 nitrogen and oxygen atoms in total. The van der Waals surface area contributed by atoms with Crippen molar-refractivity contribution in [1.29, 1.82) is 0 Å². The van der Waals surface area contributed by atoms with Crippen molar-refractivity contribution in [2.45, 2.75) is 26.3 Å². The molecule has 0 bridgehead atoms. The van der Waals surface area contributed by atoms with Gasteiger partial charge in [-0.05, 0) is 20.8 Å². The standard InChI is InChI=1S/C11H12F4N2O2/c1-4-19-10(18)11(2,3)17-7-5(12)8(14)16-9(15)6(7)13/h4H2,1-3H3,(H,16,17). The number of nitrogens with one attached hydrogen (secondary N) is 1. The summed E-state index contributed by atoms with van der Waals surface area (Å²) in [4.78, 5) is 13.9. The molecule has 1 heterocycles. The second-order valence-corrected chi connectivity index (χ2v) is 4.17. The van der Waals surface area contributed by atoms with E-state index in [1.165, 1.54) is 13.8 Å². The molecule has 0 unspecified atom stereocenters. The molecule has 0 saturated carbocycles. The lowest BCUT2D eigenvalue weighted by atomic mass is 10.1. The number of hydrogen-bond donors (Lipinski definition) is 1. The first kappa shape index (κ1) is 15.2. The lowest BCUT2D eigenvalue weighted by Crippen LogP contribution is -2.42. The van der Waals surface area contributed by atoms with E-state index in [2.05, 4.69) is 15.0 Å².